The number of likely N-dealkylation sites (tertiary alicyclic amines) is 1. The van der Waals surface area contributed by atoms with E-state index in [2.05, 4.69) is 4.98 Å². The number of H-pyrrole nitrogens is 1. The summed E-state index contributed by atoms with van der Waals surface area (Å²) in [7, 11) is 0. The summed E-state index contributed by atoms with van der Waals surface area (Å²) >= 11 is 0. The van der Waals surface area contributed by atoms with Crippen molar-refractivity contribution < 1.29 is 4.79 Å². The van der Waals surface area contributed by atoms with Gasteiger partial charge >= 0.3 is 5.69 Å². The molecule has 0 atom stereocenters. The summed E-state index contributed by atoms with van der Waals surface area (Å²) in [4.78, 5) is 30.2. The minimum absolute atomic E-state index is 0.0453. The summed E-state index contributed by atoms with van der Waals surface area (Å²) in [5.74, 6) is 1.08. The van der Waals surface area contributed by atoms with Crippen molar-refractivity contribution in [3.8, 4) is 0 Å². The molecule has 1 aliphatic carbocycles. The Hall–Kier alpha value is -2.08. The molecule has 2 heterocycles. The zero-order chi connectivity index (χ0) is 18.1. The van der Waals surface area contributed by atoms with Crippen LogP contribution in [0.1, 0.15) is 44.6 Å². The number of rotatable bonds is 3. The van der Waals surface area contributed by atoms with E-state index in [4.69, 9.17) is 5.73 Å². The monoisotopic (exact) mass is 356 g/mol. The van der Waals surface area contributed by atoms with Crippen LogP contribution >= 0.6 is 0 Å². The van der Waals surface area contributed by atoms with Crippen molar-refractivity contribution in [2.45, 2.75) is 44.6 Å². The maximum Gasteiger partial charge on any atom is 0.326 e. The molecule has 2 aromatic rings. The largest absolute Gasteiger partial charge is 0.342 e. The lowest BCUT2D eigenvalue weighted by molar-refractivity contribution is -0.138. The molecule has 1 aliphatic heterocycles. The van der Waals surface area contributed by atoms with Crippen LogP contribution in [0.25, 0.3) is 11.0 Å². The SMILES string of the molecule is NCC1CCC(C(=O)N2CCC(n3c(=O)[nH]c4ccccc43)CC2)CC1. The van der Waals surface area contributed by atoms with Crippen molar-refractivity contribution >= 4 is 16.9 Å². The average molecular weight is 356 g/mol. The Labute approximate surface area is 153 Å². The van der Waals surface area contributed by atoms with Crippen LogP contribution in [0.3, 0.4) is 0 Å². The quantitative estimate of drug-likeness (QED) is 0.885. The van der Waals surface area contributed by atoms with Crippen molar-refractivity contribution in [1.82, 2.24) is 14.5 Å². The maximum absolute atomic E-state index is 12.8. The summed E-state index contributed by atoms with van der Waals surface area (Å²) in [5.41, 5.74) is 7.55. The Morgan fingerprint density at radius 1 is 1.08 bits per heavy atom. The van der Waals surface area contributed by atoms with Crippen molar-refractivity contribution in [3.63, 3.8) is 0 Å². The van der Waals surface area contributed by atoms with Crippen molar-refractivity contribution in [2.24, 2.45) is 17.6 Å². The van der Waals surface area contributed by atoms with Gasteiger partial charge in [0.05, 0.1) is 11.0 Å². The van der Waals surface area contributed by atoms with Gasteiger partial charge in [-0.15, -0.1) is 0 Å². The fraction of sp³-hybridized carbons (Fsp3) is 0.600. The standard InChI is InChI=1S/C20H28N4O2/c21-13-14-5-7-15(8-6-14)19(25)23-11-9-16(10-12-23)24-18-4-2-1-3-17(18)22-20(24)26/h1-4,14-16H,5-13,21H2,(H,22,26). The van der Waals surface area contributed by atoms with Gasteiger partial charge in [-0.25, -0.2) is 4.79 Å². The zero-order valence-electron chi connectivity index (χ0n) is 15.2. The maximum atomic E-state index is 12.8. The molecule has 0 spiro atoms. The number of aromatic amines is 1. The molecule has 1 saturated carbocycles. The normalized spacial score (nSPS) is 24.9. The molecule has 26 heavy (non-hydrogen) atoms. The number of para-hydroxylation sites is 2. The summed E-state index contributed by atoms with van der Waals surface area (Å²) in [6.45, 7) is 2.23. The molecule has 6 nitrogen and oxygen atoms in total. The second-order valence-electron chi connectivity index (χ2n) is 7.83. The minimum atomic E-state index is -0.0453. The van der Waals surface area contributed by atoms with Crippen LogP contribution in [0, 0.1) is 11.8 Å². The predicted molar refractivity (Wildman–Crippen MR) is 102 cm³/mol. The van der Waals surface area contributed by atoms with E-state index in [0.717, 1.165) is 69.2 Å². The van der Waals surface area contributed by atoms with E-state index in [-0.39, 0.29) is 17.6 Å². The third-order valence-electron chi connectivity index (χ3n) is 6.29. The number of amides is 1. The van der Waals surface area contributed by atoms with Gasteiger partial charge in [-0.2, -0.15) is 0 Å². The highest BCUT2D eigenvalue weighted by atomic mass is 16.2. The number of piperidine rings is 1. The fourth-order valence-electron chi connectivity index (χ4n) is 4.68. The molecular formula is C20H28N4O2. The average Bonchev–Trinajstić information content (AvgIpc) is 3.03. The number of carbonyl (C=O) groups excluding carboxylic acids is 1. The van der Waals surface area contributed by atoms with E-state index in [9.17, 15) is 9.59 Å². The second-order valence-corrected chi connectivity index (χ2v) is 7.83. The third kappa shape index (κ3) is 3.18. The highest BCUT2D eigenvalue weighted by molar-refractivity contribution is 5.79. The van der Waals surface area contributed by atoms with E-state index in [0.29, 0.717) is 11.8 Å². The summed E-state index contributed by atoms with van der Waals surface area (Å²) in [6.07, 6.45) is 5.78. The number of nitrogens with two attached hydrogens (primary N) is 1. The highest BCUT2D eigenvalue weighted by Crippen LogP contribution is 2.31. The van der Waals surface area contributed by atoms with Gasteiger partial charge in [0.1, 0.15) is 0 Å². The van der Waals surface area contributed by atoms with E-state index in [1.807, 2.05) is 33.7 Å². The molecule has 0 bridgehead atoms. The first-order chi connectivity index (χ1) is 12.7. The van der Waals surface area contributed by atoms with Crippen molar-refractivity contribution in [1.29, 1.82) is 0 Å². The van der Waals surface area contributed by atoms with Gasteiger partial charge in [-0.05, 0) is 63.1 Å². The lowest BCUT2D eigenvalue weighted by Gasteiger charge is -2.36. The van der Waals surface area contributed by atoms with Crippen LogP contribution in [-0.4, -0.2) is 40.0 Å². The number of nitrogens with zero attached hydrogens (tertiary/aromatic N) is 2. The smallest absolute Gasteiger partial charge is 0.326 e. The summed E-state index contributed by atoms with van der Waals surface area (Å²) < 4.78 is 1.88. The van der Waals surface area contributed by atoms with Gasteiger partial charge in [-0.1, -0.05) is 12.1 Å². The number of nitrogens with one attached hydrogen (secondary N) is 1. The molecule has 1 aromatic carbocycles. The van der Waals surface area contributed by atoms with Crippen LogP contribution < -0.4 is 11.4 Å². The van der Waals surface area contributed by atoms with Crippen LogP contribution in [-0.2, 0) is 4.79 Å². The minimum Gasteiger partial charge on any atom is -0.342 e. The molecule has 6 heteroatoms. The highest BCUT2D eigenvalue weighted by Gasteiger charge is 2.32. The Kier molecular flexibility index (Phi) is 4.85. The first-order valence-corrected chi connectivity index (χ1v) is 9.85. The molecule has 2 fully saturated rings. The van der Waals surface area contributed by atoms with E-state index in [1.165, 1.54) is 0 Å². The van der Waals surface area contributed by atoms with Crippen LogP contribution in [0.2, 0.25) is 0 Å². The van der Waals surface area contributed by atoms with E-state index >= 15 is 0 Å². The third-order valence-corrected chi connectivity index (χ3v) is 6.29. The second kappa shape index (κ2) is 7.27. The molecule has 0 unspecified atom stereocenters. The number of aromatic nitrogens is 2. The van der Waals surface area contributed by atoms with Crippen LogP contribution in [0.4, 0.5) is 0 Å². The predicted octanol–water partition coefficient (Wildman–Crippen LogP) is 2.26. The van der Waals surface area contributed by atoms with E-state index < -0.39 is 0 Å². The van der Waals surface area contributed by atoms with Gasteiger partial charge < -0.3 is 15.6 Å². The first kappa shape index (κ1) is 17.3. The fourth-order valence-corrected chi connectivity index (χ4v) is 4.68. The lowest BCUT2D eigenvalue weighted by atomic mass is 9.81. The topological polar surface area (TPSA) is 84.1 Å². The van der Waals surface area contributed by atoms with Gasteiger partial charge in [-0.3, -0.25) is 9.36 Å². The van der Waals surface area contributed by atoms with Gasteiger partial charge in [0.25, 0.3) is 0 Å². The Balaban J connectivity index is 1.40. The first-order valence-electron chi connectivity index (χ1n) is 9.85. The molecule has 140 valence electrons. The van der Waals surface area contributed by atoms with Gasteiger partial charge in [0.15, 0.2) is 0 Å². The number of hydrogen-bond acceptors (Lipinski definition) is 3. The summed E-state index contributed by atoms with van der Waals surface area (Å²) in [5, 5.41) is 0. The van der Waals surface area contributed by atoms with Crippen LogP contribution in [0.5, 0.6) is 0 Å². The molecule has 0 radical (unpaired) electrons. The zero-order valence-corrected chi connectivity index (χ0v) is 15.2. The van der Waals surface area contributed by atoms with Gasteiger partial charge in [0.2, 0.25) is 5.91 Å². The van der Waals surface area contributed by atoms with E-state index in [1.54, 1.807) is 0 Å². The Bertz CT molecular complexity index is 824. The Morgan fingerprint density at radius 3 is 2.46 bits per heavy atom. The molecule has 3 N–H and O–H groups in total. The Morgan fingerprint density at radius 2 is 1.77 bits per heavy atom. The van der Waals surface area contributed by atoms with Crippen molar-refractivity contribution in [3.05, 3.63) is 34.7 Å². The number of benzene rings is 1. The van der Waals surface area contributed by atoms with Crippen molar-refractivity contribution in [2.75, 3.05) is 19.6 Å². The van der Waals surface area contributed by atoms with Crippen LogP contribution in [0.15, 0.2) is 29.1 Å². The number of carbonyl (C=O) groups is 1. The molecule has 1 saturated heterocycles. The summed E-state index contributed by atoms with van der Waals surface area (Å²) in [6, 6.07) is 7.98. The molecule has 4 rings (SSSR count). The lowest BCUT2D eigenvalue weighted by Crippen LogP contribution is -2.44. The molecule has 2 aliphatic rings. The molecular weight excluding hydrogens is 328 g/mol. The molecule has 1 amide bonds. The number of hydrogen-bond donors (Lipinski definition) is 2. The number of fused-ring (bicyclic) bond motifs is 1. The molecule has 1 aromatic heterocycles. The van der Waals surface area contributed by atoms with Gasteiger partial charge in [0, 0.05) is 25.0 Å². The number of imidazole rings is 1.